The van der Waals surface area contributed by atoms with Crippen molar-refractivity contribution in [3.8, 4) is 0 Å². The van der Waals surface area contributed by atoms with Crippen molar-refractivity contribution in [1.82, 2.24) is 9.97 Å². The summed E-state index contributed by atoms with van der Waals surface area (Å²) < 4.78 is 0. The number of rotatable bonds is 4. The number of anilines is 2. The lowest BCUT2D eigenvalue weighted by atomic mass is 10.1. The molecule has 0 aliphatic carbocycles. The van der Waals surface area contributed by atoms with Crippen molar-refractivity contribution in [3.63, 3.8) is 0 Å². The van der Waals surface area contributed by atoms with Crippen molar-refractivity contribution < 1.29 is 5.11 Å². The summed E-state index contributed by atoms with van der Waals surface area (Å²) in [5.74, 6) is 0.669. The molecule has 1 aromatic heterocycles. The first kappa shape index (κ1) is 13.3. The van der Waals surface area contributed by atoms with Gasteiger partial charge < -0.3 is 16.2 Å². The van der Waals surface area contributed by atoms with Crippen molar-refractivity contribution in [3.05, 3.63) is 60.4 Å². The molecule has 3 aromatic rings. The SMILES string of the molecule is Nc1ccc2ncnc(NCC(O)c3ccccc3)c2c1. The Kier molecular flexibility index (Phi) is 3.66. The fourth-order valence-electron chi connectivity index (χ4n) is 2.20. The lowest BCUT2D eigenvalue weighted by molar-refractivity contribution is 0.191. The number of aromatic nitrogens is 2. The normalized spacial score (nSPS) is 12.2. The molecule has 5 heteroatoms. The molecule has 0 saturated heterocycles. The third-order valence-electron chi connectivity index (χ3n) is 3.31. The summed E-state index contributed by atoms with van der Waals surface area (Å²) in [4.78, 5) is 8.42. The summed E-state index contributed by atoms with van der Waals surface area (Å²) in [7, 11) is 0. The number of nitrogen functional groups attached to an aromatic ring is 1. The fraction of sp³-hybridized carbons (Fsp3) is 0.125. The summed E-state index contributed by atoms with van der Waals surface area (Å²) in [6.45, 7) is 0.366. The minimum Gasteiger partial charge on any atom is -0.399 e. The third-order valence-corrected chi connectivity index (χ3v) is 3.31. The first-order valence-corrected chi connectivity index (χ1v) is 6.71. The van der Waals surface area contributed by atoms with E-state index in [0.29, 0.717) is 18.1 Å². The van der Waals surface area contributed by atoms with Crippen molar-refractivity contribution in [2.75, 3.05) is 17.6 Å². The summed E-state index contributed by atoms with van der Waals surface area (Å²) in [5.41, 5.74) is 8.14. The summed E-state index contributed by atoms with van der Waals surface area (Å²) in [5, 5.41) is 14.2. The van der Waals surface area contributed by atoms with E-state index in [-0.39, 0.29) is 0 Å². The van der Waals surface area contributed by atoms with Crippen LogP contribution >= 0.6 is 0 Å². The number of aliphatic hydroxyl groups excluding tert-OH is 1. The van der Waals surface area contributed by atoms with E-state index in [1.165, 1.54) is 6.33 Å². The molecule has 5 nitrogen and oxygen atoms in total. The van der Waals surface area contributed by atoms with Gasteiger partial charge in [-0.05, 0) is 23.8 Å². The molecule has 21 heavy (non-hydrogen) atoms. The molecular formula is C16H16N4O. The van der Waals surface area contributed by atoms with Gasteiger partial charge in [0.2, 0.25) is 0 Å². The zero-order chi connectivity index (χ0) is 14.7. The van der Waals surface area contributed by atoms with Crippen LogP contribution in [0.2, 0.25) is 0 Å². The summed E-state index contributed by atoms with van der Waals surface area (Å²) in [6, 6.07) is 15.0. The van der Waals surface area contributed by atoms with Gasteiger partial charge in [0.15, 0.2) is 0 Å². The standard InChI is InChI=1S/C16H16N4O/c17-12-6-7-14-13(8-12)16(20-10-19-14)18-9-15(21)11-4-2-1-3-5-11/h1-8,10,15,21H,9,17H2,(H,18,19,20). The fourth-order valence-corrected chi connectivity index (χ4v) is 2.20. The predicted molar refractivity (Wildman–Crippen MR) is 83.8 cm³/mol. The number of fused-ring (bicyclic) bond motifs is 1. The van der Waals surface area contributed by atoms with E-state index >= 15 is 0 Å². The van der Waals surface area contributed by atoms with E-state index in [1.807, 2.05) is 42.5 Å². The van der Waals surface area contributed by atoms with Crippen LogP contribution in [0.1, 0.15) is 11.7 Å². The van der Waals surface area contributed by atoms with Crippen molar-refractivity contribution in [2.45, 2.75) is 6.10 Å². The summed E-state index contributed by atoms with van der Waals surface area (Å²) in [6.07, 6.45) is 0.896. The van der Waals surface area contributed by atoms with Gasteiger partial charge in [-0.3, -0.25) is 0 Å². The van der Waals surface area contributed by atoms with Gasteiger partial charge in [0, 0.05) is 17.6 Å². The number of hydrogen-bond acceptors (Lipinski definition) is 5. The lowest BCUT2D eigenvalue weighted by Gasteiger charge is -2.13. The van der Waals surface area contributed by atoms with Crippen LogP contribution in [0.5, 0.6) is 0 Å². The molecule has 2 aromatic carbocycles. The van der Waals surface area contributed by atoms with Gasteiger partial charge in [0.1, 0.15) is 12.1 Å². The highest BCUT2D eigenvalue weighted by Gasteiger charge is 2.09. The van der Waals surface area contributed by atoms with Gasteiger partial charge >= 0.3 is 0 Å². The number of nitrogens with one attached hydrogen (secondary N) is 1. The maximum atomic E-state index is 10.2. The highest BCUT2D eigenvalue weighted by molar-refractivity contribution is 5.91. The van der Waals surface area contributed by atoms with Crippen molar-refractivity contribution in [2.24, 2.45) is 0 Å². The number of aliphatic hydroxyl groups is 1. The highest BCUT2D eigenvalue weighted by atomic mass is 16.3. The zero-order valence-corrected chi connectivity index (χ0v) is 11.4. The summed E-state index contributed by atoms with van der Waals surface area (Å²) >= 11 is 0. The second-order valence-corrected chi connectivity index (χ2v) is 4.81. The molecule has 4 N–H and O–H groups in total. The van der Waals surface area contributed by atoms with Crippen LogP contribution in [-0.2, 0) is 0 Å². The number of hydrogen-bond donors (Lipinski definition) is 3. The number of benzene rings is 2. The Bertz CT molecular complexity index is 746. The monoisotopic (exact) mass is 280 g/mol. The van der Waals surface area contributed by atoms with Crippen molar-refractivity contribution in [1.29, 1.82) is 0 Å². The van der Waals surface area contributed by atoms with Crippen molar-refractivity contribution >= 4 is 22.4 Å². The van der Waals surface area contributed by atoms with Gasteiger partial charge in [-0.15, -0.1) is 0 Å². The average Bonchev–Trinajstić information content (AvgIpc) is 2.53. The Morgan fingerprint density at radius 2 is 1.90 bits per heavy atom. The average molecular weight is 280 g/mol. The molecule has 0 spiro atoms. The van der Waals surface area contributed by atoms with Gasteiger partial charge in [-0.1, -0.05) is 30.3 Å². The molecule has 0 aliphatic rings. The third kappa shape index (κ3) is 2.93. The first-order chi connectivity index (χ1) is 10.2. The van der Waals surface area contributed by atoms with Crippen LogP contribution in [-0.4, -0.2) is 21.6 Å². The molecule has 1 unspecified atom stereocenters. The molecule has 0 amide bonds. The van der Waals surface area contributed by atoms with Gasteiger partial charge in [-0.25, -0.2) is 9.97 Å². The number of nitrogens with two attached hydrogens (primary N) is 1. The van der Waals surface area contributed by atoms with Crippen LogP contribution in [0, 0.1) is 0 Å². The van der Waals surface area contributed by atoms with Gasteiger partial charge in [0.05, 0.1) is 11.6 Å². The molecular weight excluding hydrogens is 264 g/mol. The van der Waals surface area contributed by atoms with Crippen LogP contribution in [0.15, 0.2) is 54.9 Å². The molecule has 0 aliphatic heterocycles. The number of nitrogens with zero attached hydrogens (tertiary/aromatic N) is 2. The molecule has 1 atom stereocenters. The molecule has 0 bridgehead atoms. The Morgan fingerprint density at radius 3 is 2.71 bits per heavy atom. The minimum atomic E-state index is -0.600. The van der Waals surface area contributed by atoms with E-state index in [9.17, 15) is 5.11 Å². The van der Waals surface area contributed by atoms with E-state index in [0.717, 1.165) is 16.5 Å². The van der Waals surface area contributed by atoms with Crippen LogP contribution < -0.4 is 11.1 Å². The molecule has 0 saturated carbocycles. The Morgan fingerprint density at radius 1 is 1.10 bits per heavy atom. The predicted octanol–water partition coefficient (Wildman–Crippen LogP) is 2.36. The molecule has 106 valence electrons. The Labute approximate surface area is 122 Å². The smallest absolute Gasteiger partial charge is 0.137 e. The molecule has 1 heterocycles. The topological polar surface area (TPSA) is 84.1 Å². The van der Waals surface area contributed by atoms with E-state index in [2.05, 4.69) is 15.3 Å². The quantitative estimate of drug-likeness (QED) is 0.639. The zero-order valence-electron chi connectivity index (χ0n) is 11.4. The van der Waals surface area contributed by atoms with E-state index in [4.69, 9.17) is 5.73 Å². The van der Waals surface area contributed by atoms with Crippen LogP contribution in [0.4, 0.5) is 11.5 Å². The molecule has 0 radical (unpaired) electrons. The maximum Gasteiger partial charge on any atom is 0.137 e. The van der Waals surface area contributed by atoms with E-state index in [1.54, 1.807) is 6.07 Å². The second-order valence-electron chi connectivity index (χ2n) is 4.81. The maximum absolute atomic E-state index is 10.2. The van der Waals surface area contributed by atoms with Gasteiger partial charge in [0.25, 0.3) is 0 Å². The van der Waals surface area contributed by atoms with Crippen LogP contribution in [0.25, 0.3) is 10.9 Å². The van der Waals surface area contributed by atoms with Gasteiger partial charge in [-0.2, -0.15) is 0 Å². The highest BCUT2D eigenvalue weighted by Crippen LogP contribution is 2.22. The first-order valence-electron chi connectivity index (χ1n) is 6.71. The molecule has 0 fully saturated rings. The van der Waals surface area contributed by atoms with Crippen LogP contribution in [0.3, 0.4) is 0 Å². The lowest BCUT2D eigenvalue weighted by Crippen LogP contribution is -2.13. The van der Waals surface area contributed by atoms with E-state index < -0.39 is 6.10 Å². The Balaban J connectivity index is 1.81. The second kappa shape index (κ2) is 5.76. The molecule has 3 rings (SSSR count). The Hall–Kier alpha value is -2.66. The largest absolute Gasteiger partial charge is 0.399 e. The minimum absolute atomic E-state index is 0.366.